The smallest absolute Gasteiger partial charge is 0.259 e. The van der Waals surface area contributed by atoms with Gasteiger partial charge in [0.15, 0.2) is 5.03 Å². The summed E-state index contributed by atoms with van der Waals surface area (Å²) in [5.74, 6) is 1.23. The number of furan rings is 1. The Labute approximate surface area is 123 Å². The summed E-state index contributed by atoms with van der Waals surface area (Å²) in [7, 11) is -2.08. The lowest BCUT2D eigenvalue weighted by Crippen LogP contribution is -2.38. The number of hydrogen-bond donors (Lipinski definition) is 2. The van der Waals surface area contributed by atoms with Crippen LogP contribution >= 0.6 is 0 Å². The molecule has 2 rings (SSSR count). The van der Waals surface area contributed by atoms with Gasteiger partial charge in [0.05, 0.1) is 6.33 Å². The molecule has 0 aliphatic carbocycles. The third-order valence-electron chi connectivity index (χ3n) is 3.18. The second-order valence-corrected chi connectivity index (χ2v) is 7.02. The highest BCUT2D eigenvalue weighted by Crippen LogP contribution is 2.26. The average Bonchev–Trinajstić information content (AvgIpc) is 2.94. The Balaban J connectivity index is 2.16. The zero-order valence-corrected chi connectivity index (χ0v) is 13.2. The van der Waals surface area contributed by atoms with E-state index in [1.165, 1.54) is 24.0 Å². The summed E-state index contributed by atoms with van der Waals surface area (Å²) in [6, 6.07) is 1.70. The minimum Gasteiger partial charge on any atom is -0.466 e. The van der Waals surface area contributed by atoms with Gasteiger partial charge in [-0.15, -0.1) is 0 Å². The lowest BCUT2D eigenvalue weighted by Gasteiger charge is -2.22. The van der Waals surface area contributed by atoms with Crippen molar-refractivity contribution in [3.63, 3.8) is 0 Å². The van der Waals surface area contributed by atoms with Gasteiger partial charge in [-0.25, -0.2) is 18.1 Å². The molecule has 0 radical (unpaired) electrons. The van der Waals surface area contributed by atoms with Crippen LogP contribution in [0, 0.1) is 13.8 Å². The third kappa shape index (κ3) is 3.34. The van der Waals surface area contributed by atoms with Crippen LogP contribution in [-0.4, -0.2) is 29.6 Å². The van der Waals surface area contributed by atoms with Crippen LogP contribution in [-0.2, 0) is 22.7 Å². The van der Waals surface area contributed by atoms with Crippen molar-refractivity contribution in [3.8, 4) is 0 Å². The molecule has 7 nitrogen and oxygen atoms in total. The highest BCUT2D eigenvalue weighted by Gasteiger charge is 2.30. The van der Waals surface area contributed by atoms with E-state index in [4.69, 9.17) is 4.42 Å². The van der Waals surface area contributed by atoms with Gasteiger partial charge in [-0.05, 0) is 26.8 Å². The van der Waals surface area contributed by atoms with E-state index in [0.717, 1.165) is 0 Å². The first-order valence-electron chi connectivity index (χ1n) is 6.39. The molecular formula is C13H19N3O4S. The van der Waals surface area contributed by atoms with Crippen molar-refractivity contribution in [2.75, 3.05) is 6.54 Å². The number of aromatic nitrogens is 2. The number of sulfonamides is 1. The molecule has 0 aliphatic rings. The van der Waals surface area contributed by atoms with Crippen molar-refractivity contribution >= 4 is 10.0 Å². The molecule has 8 heteroatoms. The van der Waals surface area contributed by atoms with Gasteiger partial charge in [-0.3, -0.25) is 0 Å². The number of aryl methyl sites for hydroxylation is 3. The predicted molar refractivity (Wildman–Crippen MR) is 76.1 cm³/mol. The minimum absolute atomic E-state index is 0.0825. The molecule has 2 aromatic heterocycles. The molecule has 0 saturated heterocycles. The molecule has 0 amide bonds. The largest absolute Gasteiger partial charge is 0.466 e. The van der Waals surface area contributed by atoms with Crippen molar-refractivity contribution in [2.24, 2.45) is 7.05 Å². The molecule has 2 aromatic rings. The lowest BCUT2D eigenvalue weighted by molar-refractivity contribution is 0.0612. The van der Waals surface area contributed by atoms with Gasteiger partial charge in [0, 0.05) is 25.4 Å². The Kier molecular flexibility index (Phi) is 3.96. The predicted octanol–water partition coefficient (Wildman–Crippen LogP) is 0.816. The van der Waals surface area contributed by atoms with Crippen molar-refractivity contribution in [2.45, 2.75) is 31.4 Å². The molecule has 0 fully saturated rings. The summed E-state index contributed by atoms with van der Waals surface area (Å²) in [6.45, 7) is 4.85. The van der Waals surface area contributed by atoms with Gasteiger partial charge in [0.25, 0.3) is 10.0 Å². The van der Waals surface area contributed by atoms with Crippen molar-refractivity contribution in [1.29, 1.82) is 0 Å². The van der Waals surface area contributed by atoms with Crippen LogP contribution in [0.25, 0.3) is 0 Å². The van der Waals surface area contributed by atoms with Crippen molar-refractivity contribution in [1.82, 2.24) is 14.3 Å². The molecule has 2 N–H and O–H groups in total. The molecule has 0 bridgehead atoms. The fourth-order valence-electron chi connectivity index (χ4n) is 2.10. The van der Waals surface area contributed by atoms with Gasteiger partial charge >= 0.3 is 0 Å². The maximum Gasteiger partial charge on any atom is 0.259 e. The number of hydrogen-bond acceptors (Lipinski definition) is 5. The number of nitrogens with zero attached hydrogens (tertiary/aromatic N) is 2. The second-order valence-electron chi connectivity index (χ2n) is 5.30. The molecular weight excluding hydrogens is 294 g/mol. The molecule has 0 aromatic carbocycles. The van der Waals surface area contributed by atoms with E-state index in [2.05, 4.69) is 9.71 Å². The second kappa shape index (κ2) is 5.28. The fraction of sp³-hybridized carbons (Fsp3) is 0.462. The van der Waals surface area contributed by atoms with Crippen LogP contribution in [0.5, 0.6) is 0 Å². The molecule has 0 spiro atoms. The number of imidazole rings is 1. The summed E-state index contributed by atoms with van der Waals surface area (Å²) in [6.07, 6.45) is 2.79. The quantitative estimate of drug-likeness (QED) is 0.851. The lowest BCUT2D eigenvalue weighted by atomic mass is 9.97. The Hall–Kier alpha value is -1.64. The van der Waals surface area contributed by atoms with Crippen LogP contribution < -0.4 is 4.72 Å². The third-order valence-corrected chi connectivity index (χ3v) is 4.47. The van der Waals surface area contributed by atoms with Gasteiger partial charge in [0.2, 0.25) is 0 Å². The summed E-state index contributed by atoms with van der Waals surface area (Å²) in [5, 5.41) is 10.4. The Morgan fingerprint density at radius 1 is 1.48 bits per heavy atom. The molecule has 116 valence electrons. The number of rotatable bonds is 5. The SMILES string of the molecule is Cc1cc([C@](C)(O)CNS(=O)(=O)c2cn(C)cn2)c(C)o1. The van der Waals surface area contributed by atoms with Crippen LogP contribution in [0.4, 0.5) is 0 Å². The van der Waals surface area contributed by atoms with Crippen molar-refractivity contribution < 1.29 is 17.9 Å². The first-order chi connectivity index (χ1) is 9.62. The Morgan fingerprint density at radius 2 is 2.14 bits per heavy atom. The fourth-order valence-corrected chi connectivity index (χ4v) is 3.21. The molecule has 0 aliphatic heterocycles. The van der Waals surface area contributed by atoms with Crippen LogP contribution in [0.2, 0.25) is 0 Å². The summed E-state index contributed by atoms with van der Waals surface area (Å²) >= 11 is 0. The van der Waals surface area contributed by atoms with Gasteiger partial charge in [-0.2, -0.15) is 0 Å². The Bertz CT molecular complexity index is 743. The maximum absolute atomic E-state index is 12.1. The number of aliphatic hydroxyl groups is 1. The minimum atomic E-state index is -3.76. The number of nitrogens with one attached hydrogen (secondary N) is 1. The maximum atomic E-state index is 12.1. The Morgan fingerprint density at radius 3 is 2.62 bits per heavy atom. The highest BCUT2D eigenvalue weighted by molar-refractivity contribution is 7.89. The zero-order valence-electron chi connectivity index (χ0n) is 12.4. The van der Waals surface area contributed by atoms with Crippen LogP contribution in [0.15, 0.2) is 28.0 Å². The van der Waals surface area contributed by atoms with E-state index in [0.29, 0.717) is 17.1 Å². The van der Waals surface area contributed by atoms with E-state index in [1.54, 1.807) is 27.0 Å². The summed E-state index contributed by atoms with van der Waals surface area (Å²) in [5.41, 5.74) is -0.812. The molecule has 1 atom stereocenters. The zero-order chi connectivity index (χ0) is 15.8. The molecule has 0 unspecified atom stereocenters. The average molecular weight is 313 g/mol. The van der Waals surface area contributed by atoms with E-state index < -0.39 is 15.6 Å². The highest BCUT2D eigenvalue weighted by atomic mass is 32.2. The van der Waals surface area contributed by atoms with E-state index >= 15 is 0 Å². The monoisotopic (exact) mass is 313 g/mol. The first-order valence-corrected chi connectivity index (χ1v) is 7.88. The first kappa shape index (κ1) is 15.7. The van der Waals surface area contributed by atoms with Gasteiger partial charge < -0.3 is 14.1 Å². The summed E-state index contributed by atoms with van der Waals surface area (Å²) in [4.78, 5) is 3.79. The normalized spacial score (nSPS) is 15.1. The van der Waals surface area contributed by atoms with E-state index in [9.17, 15) is 13.5 Å². The topological polar surface area (TPSA) is 97.4 Å². The van der Waals surface area contributed by atoms with Gasteiger partial charge in [0.1, 0.15) is 17.1 Å². The van der Waals surface area contributed by atoms with Gasteiger partial charge in [-0.1, -0.05) is 0 Å². The van der Waals surface area contributed by atoms with E-state index in [1.807, 2.05) is 0 Å². The van der Waals surface area contributed by atoms with E-state index in [-0.39, 0.29) is 11.6 Å². The van der Waals surface area contributed by atoms with Crippen LogP contribution in [0.3, 0.4) is 0 Å². The standard InChI is InChI=1S/C13H19N3O4S/c1-9-5-11(10(2)20-9)13(3,17)7-15-21(18,19)12-6-16(4)8-14-12/h5-6,8,15,17H,7H2,1-4H3/t13-/m1/s1. The molecule has 21 heavy (non-hydrogen) atoms. The molecule has 2 heterocycles. The van der Waals surface area contributed by atoms with Crippen molar-refractivity contribution in [3.05, 3.63) is 35.7 Å². The summed E-state index contributed by atoms with van der Waals surface area (Å²) < 4.78 is 33.5. The molecule has 0 saturated carbocycles. The van der Waals surface area contributed by atoms with Crippen LogP contribution in [0.1, 0.15) is 24.0 Å².